The van der Waals surface area contributed by atoms with Gasteiger partial charge in [-0.15, -0.1) is 0 Å². The monoisotopic (exact) mass is 236 g/mol. The van der Waals surface area contributed by atoms with Crippen molar-refractivity contribution >= 4 is 17.4 Å². The first-order valence-electron chi connectivity index (χ1n) is 5.25. The van der Waals surface area contributed by atoms with Gasteiger partial charge in [0.2, 0.25) is 0 Å². The highest BCUT2D eigenvalue weighted by molar-refractivity contribution is 5.99. The molecule has 0 atom stereocenters. The Morgan fingerprint density at radius 1 is 1.59 bits per heavy atom. The molecule has 1 saturated carbocycles. The third kappa shape index (κ3) is 2.49. The number of hydrogen-bond acceptors (Lipinski definition) is 5. The molecular formula is C10H12N4O3. The van der Waals surface area contributed by atoms with E-state index in [0.29, 0.717) is 5.82 Å². The Bertz CT molecular complexity index is 471. The number of rotatable bonds is 4. The fourth-order valence-corrected chi connectivity index (χ4v) is 1.40. The minimum absolute atomic E-state index is 0.0428. The number of amides is 1. The summed E-state index contributed by atoms with van der Waals surface area (Å²) >= 11 is 0. The van der Waals surface area contributed by atoms with E-state index in [4.69, 9.17) is 0 Å². The van der Waals surface area contributed by atoms with Crippen LogP contribution >= 0.6 is 0 Å². The van der Waals surface area contributed by atoms with Gasteiger partial charge in [-0.25, -0.2) is 4.98 Å². The second-order valence-corrected chi connectivity index (χ2v) is 3.84. The lowest BCUT2D eigenvalue weighted by molar-refractivity contribution is -0.385. The van der Waals surface area contributed by atoms with E-state index in [9.17, 15) is 14.9 Å². The summed E-state index contributed by atoms with van der Waals surface area (Å²) in [7, 11) is 1.64. The van der Waals surface area contributed by atoms with E-state index < -0.39 is 10.8 Å². The Balaban J connectivity index is 2.32. The van der Waals surface area contributed by atoms with Gasteiger partial charge in [-0.3, -0.25) is 14.9 Å². The summed E-state index contributed by atoms with van der Waals surface area (Å²) in [5, 5.41) is 16.3. The average Bonchev–Trinajstić information content (AvgIpc) is 3.11. The first-order chi connectivity index (χ1) is 8.11. The Morgan fingerprint density at radius 2 is 2.29 bits per heavy atom. The first-order valence-corrected chi connectivity index (χ1v) is 5.25. The van der Waals surface area contributed by atoms with E-state index in [1.165, 1.54) is 6.07 Å². The van der Waals surface area contributed by atoms with Crippen molar-refractivity contribution in [3.8, 4) is 0 Å². The van der Waals surface area contributed by atoms with Gasteiger partial charge in [0, 0.05) is 19.2 Å². The van der Waals surface area contributed by atoms with Crippen molar-refractivity contribution in [3.63, 3.8) is 0 Å². The lowest BCUT2D eigenvalue weighted by Gasteiger charge is -2.05. The molecule has 7 nitrogen and oxygen atoms in total. The fourth-order valence-electron chi connectivity index (χ4n) is 1.40. The maximum Gasteiger partial charge on any atom is 0.300 e. The molecule has 7 heteroatoms. The summed E-state index contributed by atoms with van der Waals surface area (Å²) in [6, 6.07) is 1.55. The smallest absolute Gasteiger partial charge is 0.300 e. The van der Waals surface area contributed by atoms with Crippen LogP contribution in [0, 0.1) is 10.1 Å². The van der Waals surface area contributed by atoms with Crippen molar-refractivity contribution in [1.29, 1.82) is 0 Å². The summed E-state index contributed by atoms with van der Waals surface area (Å²) < 4.78 is 0. The van der Waals surface area contributed by atoms with Gasteiger partial charge in [0.1, 0.15) is 17.6 Å². The van der Waals surface area contributed by atoms with Crippen LogP contribution < -0.4 is 10.6 Å². The van der Waals surface area contributed by atoms with Crippen molar-refractivity contribution in [2.75, 3.05) is 12.4 Å². The Kier molecular flexibility index (Phi) is 2.90. The third-order valence-corrected chi connectivity index (χ3v) is 2.49. The van der Waals surface area contributed by atoms with E-state index in [0.717, 1.165) is 19.0 Å². The molecule has 90 valence electrons. The molecule has 1 heterocycles. The number of nitro groups is 1. The number of pyridine rings is 1. The first kappa shape index (κ1) is 11.3. The lowest BCUT2D eigenvalue weighted by Crippen LogP contribution is -2.26. The van der Waals surface area contributed by atoms with Crippen LogP contribution in [-0.2, 0) is 0 Å². The van der Waals surface area contributed by atoms with Gasteiger partial charge >= 0.3 is 0 Å². The number of aromatic nitrogens is 1. The molecule has 0 saturated heterocycles. The van der Waals surface area contributed by atoms with E-state index >= 15 is 0 Å². The molecule has 0 bridgehead atoms. The predicted octanol–water partition coefficient (Wildman–Crippen LogP) is 0.924. The van der Waals surface area contributed by atoms with Crippen molar-refractivity contribution in [2.24, 2.45) is 0 Å². The molecule has 0 aliphatic heterocycles. The second kappa shape index (κ2) is 4.36. The quantitative estimate of drug-likeness (QED) is 0.598. The molecule has 2 rings (SSSR count). The van der Waals surface area contributed by atoms with Crippen molar-refractivity contribution < 1.29 is 9.72 Å². The Morgan fingerprint density at radius 3 is 2.82 bits per heavy atom. The van der Waals surface area contributed by atoms with Crippen molar-refractivity contribution in [2.45, 2.75) is 18.9 Å². The number of carbonyl (C=O) groups is 1. The van der Waals surface area contributed by atoms with Gasteiger partial charge in [-0.05, 0) is 12.8 Å². The summed E-state index contributed by atoms with van der Waals surface area (Å²) in [5.74, 6) is 0.00893. The highest BCUT2D eigenvalue weighted by Gasteiger charge is 2.28. The SMILES string of the molecule is CNc1cc(C(=O)NC2CC2)c([N+](=O)[O-])cn1. The van der Waals surface area contributed by atoms with Crippen molar-refractivity contribution in [3.05, 3.63) is 27.9 Å². The minimum atomic E-state index is -0.603. The number of hydrogen-bond donors (Lipinski definition) is 2. The largest absolute Gasteiger partial charge is 0.373 e. The van der Waals surface area contributed by atoms with Crippen LogP contribution in [0.2, 0.25) is 0 Å². The Labute approximate surface area is 97.4 Å². The third-order valence-electron chi connectivity index (χ3n) is 2.49. The van der Waals surface area contributed by atoms with E-state index in [1.54, 1.807) is 7.05 Å². The van der Waals surface area contributed by atoms with E-state index in [-0.39, 0.29) is 17.3 Å². The number of anilines is 1. The van der Waals surface area contributed by atoms with Crippen LogP contribution in [0.5, 0.6) is 0 Å². The zero-order valence-electron chi connectivity index (χ0n) is 9.27. The van der Waals surface area contributed by atoms with Gasteiger partial charge in [0.15, 0.2) is 0 Å². The fraction of sp³-hybridized carbons (Fsp3) is 0.400. The van der Waals surface area contributed by atoms with Crippen LogP contribution in [-0.4, -0.2) is 28.9 Å². The number of carbonyl (C=O) groups excluding carboxylic acids is 1. The van der Waals surface area contributed by atoms with E-state index in [1.807, 2.05) is 0 Å². The summed E-state index contributed by atoms with van der Waals surface area (Å²) in [5.41, 5.74) is -0.233. The number of nitrogens with zero attached hydrogens (tertiary/aromatic N) is 2. The summed E-state index contributed by atoms with van der Waals surface area (Å²) in [6.45, 7) is 0. The summed E-state index contributed by atoms with van der Waals surface area (Å²) in [4.78, 5) is 25.8. The van der Waals surface area contributed by atoms with E-state index in [2.05, 4.69) is 15.6 Å². The molecule has 0 spiro atoms. The topological polar surface area (TPSA) is 97.2 Å². The molecule has 1 amide bonds. The van der Waals surface area contributed by atoms with Gasteiger partial charge in [0.05, 0.1) is 4.92 Å². The Hall–Kier alpha value is -2.18. The van der Waals surface area contributed by atoms with Crippen LogP contribution in [0.4, 0.5) is 11.5 Å². The maximum atomic E-state index is 11.8. The molecule has 2 N–H and O–H groups in total. The minimum Gasteiger partial charge on any atom is -0.373 e. The number of nitrogens with one attached hydrogen (secondary N) is 2. The van der Waals surface area contributed by atoms with Crippen LogP contribution in [0.15, 0.2) is 12.3 Å². The van der Waals surface area contributed by atoms with Gasteiger partial charge in [-0.2, -0.15) is 0 Å². The lowest BCUT2D eigenvalue weighted by atomic mass is 10.2. The van der Waals surface area contributed by atoms with Crippen LogP contribution in [0.3, 0.4) is 0 Å². The maximum absolute atomic E-state index is 11.8. The molecule has 0 unspecified atom stereocenters. The molecular weight excluding hydrogens is 224 g/mol. The van der Waals surface area contributed by atoms with Gasteiger partial charge in [0.25, 0.3) is 11.6 Å². The molecule has 1 aliphatic carbocycles. The van der Waals surface area contributed by atoms with Crippen molar-refractivity contribution in [1.82, 2.24) is 10.3 Å². The van der Waals surface area contributed by atoms with Crippen LogP contribution in [0.1, 0.15) is 23.2 Å². The van der Waals surface area contributed by atoms with Gasteiger partial charge in [-0.1, -0.05) is 0 Å². The molecule has 0 aromatic carbocycles. The second-order valence-electron chi connectivity index (χ2n) is 3.84. The molecule has 17 heavy (non-hydrogen) atoms. The summed E-state index contributed by atoms with van der Waals surface area (Å²) in [6.07, 6.45) is 2.96. The molecule has 1 aromatic heterocycles. The molecule has 1 aliphatic rings. The molecule has 1 aromatic rings. The zero-order valence-corrected chi connectivity index (χ0v) is 9.27. The normalized spacial score (nSPS) is 14.2. The zero-order chi connectivity index (χ0) is 12.4. The molecule has 1 fully saturated rings. The molecule has 0 radical (unpaired) electrons. The highest BCUT2D eigenvalue weighted by atomic mass is 16.6. The highest BCUT2D eigenvalue weighted by Crippen LogP contribution is 2.23. The standard InChI is InChI=1S/C10H12N4O3/c1-11-9-4-7(8(5-12-9)14(16)17)10(15)13-6-2-3-6/h4-6H,2-3H2,1H3,(H,11,12)(H,13,15). The predicted molar refractivity (Wildman–Crippen MR) is 60.9 cm³/mol. The van der Waals surface area contributed by atoms with Gasteiger partial charge < -0.3 is 10.6 Å². The average molecular weight is 236 g/mol. The van der Waals surface area contributed by atoms with Crippen LogP contribution in [0.25, 0.3) is 0 Å².